The second-order valence-electron chi connectivity index (χ2n) is 4.92. The summed E-state index contributed by atoms with van der Waals surface area (Å²) in [4.78, 5) is 22.0. The molecule has 1 saturated heterocycles. The average Bonchev–Trinajstić information content (AvgIpc) is 2.93. The summed E-state index contributed by atoms with van der Waals surface area (Å²) in [5.41, 5.74) is 0. The van der Waals surface area contributed by atoms with Gasteiger partial charge in [-0.3, -0.25) is 9.79 Å². The van der Waals surface area contributed by atoms with Crippen molar-refractivity contribution in [2.24, 2.45) is 10.9 Å². The summed E-state index contributed by atoms with van der Waals surface area (Å²) in [6, 6.07) is 0. The third-order valence-corrected chi connectivity index (χ3v) is 3.51. The van der Waals surface area contributed by atoms with Crippen molar-refractivity contribution >= 4 is 11.9 Å². The van der Waals surface area contributed by atoms with Gasteiger partial charge in [-0.25, -0.2) is 0 Å². The Labute approximate surface area is 123 Å². The topological polar surface area (TPSA) is 92.9 Å². The molecule has 0 saturated carbocycles. The first kappa shape index (κ1) is 15.3. The lowest BCUT2D eigenvalue weighted by molar-refractivity contribution is -0.146. The number of guanidine groups is 1. The van der Waals surface area contributed by atoms with Crippen molar-refractivity contribution in [3.63, 3.8) is 0 Å². The van der Waals surface area contributed by atoms with E-state index >= 15 is 0 Å². The molecule has 0 aromatic carbocycles. The molecule has 1 aliphatic heterocycles. The van der Waals surface area contributed by atoms with Gasteiger partial charge in [0.2, 0.25) is 5.89 Å². The summed E-state index contributed by atoms with van der Waals surface area (Å²) in [6.45, 7) is 3.74. The van der Waals surface area contributed by atoms with Crippen molar-refractivity contribution < 1.29 is 14.1 Å². The lowest BCUT2D eigenvalue weighted by Gasteiger charge is -2.32. The van der Waals surface area contributed by atoms with Crippen molar-refractivity contribution in [3.8, 4) is 0 Å². The number of hydrogen-bond acceptors (Lipinski definition) is 6. The van der Waals surface area contributed by atoms with Crippen LogP contribution in [0.15, 0.2) is 9.52 Å². The van der Waals surface area contributed by atoms with Crippen LogP contribution in [0.25, 0.3) is 0 Å². The van der Waals surface area contributed by atoms with Crippen molar-refractivity contribution in [2.75, 3.05) is 27.2 Å². The highest BCUT2D eigenvalue weighted by Gasteiger charge is 2.27. The zero-order valence-electron chi connectivity index (χ0n) is 12.6. The summed E-state index contributed by atoms with van der Waals surface area (Å²) in [5, 5.41) is 6.93. The lowest BCUT2D eigenvalue weighted by atomic mass is 9.97. The standard InChI is InChI=1S/C13H21N5O3/c1-9-16-11(21-17-9)8-15-13(14-2)18-6-4-10(5-7-18)12(19)20-3/h10H,4-8H2,1-3H3,(H,14,15). The van der Waals surface area contributed by atoms with Crippen LogP contribution < -0.4 is 5.32 Å². The SMILES string of the molecule is CN=C(NCc1nc(C)no1)N1CCC(C(=O)OC)CC1. The molecule has 1 N–H and O–H groups in total. The fourth-order valence-corrected chi connectivity index (χ4v) is 2.39. The van der Waals surface area contributed by atoms with Crippen molar-refractivity contribution in [1.29, 1.82) is 0 Å². The number of carbonyl (C=O) groups is 1. The maximum Gasteiger partial charge on any atom is 0.308 e. The number of hydrogen-bond donors (Lipinski definition) is 1. The van der Waals surface area contributed by atoms with Crippen LogP contribution >= 0.6 is 0 Å². The minimum Gasteiger partial charge on any atom is -0.469 e. The number of esters is 1. The Morgan fingerprint density at radius 1 is 1.52 bits per heavy atom. The first-order valence-electron chi connectivity index (χ1n) is 6.96. The highest BCUT2D eigenvalue weighted by molar-refractivity contribution is 5.80. The van der Waals surface area contributed by atoms with Crippen LogP contribution in [0, 0.1) is 12.8 Å². The Balaban J connectivity index is 1.84. The van der Waals surface area contributed by atoms with Gasteiger partial charge in [-0.05, 0) is 19.8 Å². The number of likely N-dealkylation sites (tertiary alicyclic amines) is 1. The average molecular weight is 295 g/mol. The van der Waals surface area contributed by atoms with Crippen LogP contribution in [-0.2, 0) is 16.1 Å². The molecule has 2 heterocycles. The Hall–Kier alpha value is -2.12. The Bertz CT molecular complexity index is 506. The fraction of sp³-hybridized carbons (Fsp3) is 0.692. The third-order valence-electron chi connectivity index (χ3n) is 3.51. The summed E-state index contributed by atoms with van der Waals surface area (Å²) in [5.74, 6) is 1.77. The van der Waals surface area contributed by atoms with Crippen LogP contribution in [0.3, 0.4) is 0 Å². The van der Waals surface area contributed by atoms with E-state index in [0.29, 0.717) is 18.3 Å². The first-order chi connectivity index (χ1) is 10.1. The summed E-state index contributed by atoms with van der Waals surface area (Å²) in [7, 11) is 3.16. The third kappa shape index (κ3) is 3.93. The van der Waals surface area contributed by atoms with Crippen LogP contribution in [-0.4, -0.2) is 54.2 Å². The molecular formula is C13H21N5O3. The first-order valence-corrected chi connectivity index (χ1v) is 6.96. The Morgan fingerprint density at radius 3 is 2.76 bits per heavy atom. The van der Waals surface area contributed by atoms with Gasteiger partial charge in [0.1, 0.15) is 0 Å². The van der Waals surface area contributed by atoms with Crippen LogP contribution in [0.2, 0.25) is 0 Å². The van der Waals surface area contributed by atoms with Gasteiger partial charge in [0.05, 0.1) is 19.6 Å². The van der Waals surface area contributed by atoms with Crippen molar-refractivity contribution in [2.45, 2.75) is 26.3 Å². The van der Waals surface area contributed by atoms with Crippen molar-refractivity contribution in [1.82, 2.24) is 20.4 Å². The number of nitrogens with one attached hydrogen (secondary N) is 1. The predicted octanol–water partition coefficient (Wildman–Crippen LogP) is 0.338. The molecule has 2 rings (SSSR count). The second kappa shape index (κ2) is 7.05. The van der Waals surface area contributed by atoms with Gasteiger partial charge in [-0.15, -0.1) is 0 Å². The Kier molecular flexibility index (Phi) is 5.13. The highest BCUT2D eigenvalue weighted by Crippen LogP contribution is 2.18. The summed E-state index contributed by atoms with van der Waals surface area (Å²) in [6.07, 6.45) is 1.54. The van der Waals surface area contributed by atoms with E-state index in [1.165, 1.54) is 7.11 Å². The summed E-state index contributed by atoms with van der Waals surface area (Å²) >= 11 is 0. The minimum atomic E-state index is -0.126. The van der Waals surface area contributed by atoms with Gasteiger partial charge < -0.3 is 19.5 Å². The molecule has 8 heteroatoms. The maximum absolute atomic E-state index is 11.5. The smallest absolute Gasteiger partial charge is 0.308 e. The van der Waals surface area contributed by atoms with Gasteiger partial charge in [0.25, 0.3) is 0 Å². The van der Waals surface area contributed by atoms with E-state index in [0.717, 1.165) is 31.9 Å². The molecule has 0 aliphatic carbocycles. The van der Waals surface area contributed by atoms with E-state index in [1.54, 1.807) is 14.0 Å². The summed E-state index contributed by atoms with van der Waals surface area (Å²) < 4.78 is 9.84. The fourth-order valence-electron chi connectivity index (χ4n) is 2.39. The molecule has 1 aromatic rings. The molecule has 0 bridgehead atoms. The highest BCUT2D eigenvalue weighted by atomic mass is 16.5. The number of carbonyl (C=O) groups excluding carboxylic acids is 1. The van der Waals surface area contributed by atoms with Gasteiger partial charge in [-0.1, -0.05) is 5.16 Å². The number of methoxy groups -OCH3 is 1. The van der Waals surface area contributed by atoms with Gasteiger partial charge >= 0.3 is 5.97 Å². The number of ether oxygens (including phenoxy) is 1. The number of aromatic nitrogens is 2. The van der Waals surface area contributed by atoms with Gasteiger partial charge in [0.15, 0.2) is 11.8 Å². The lowest BCUT2D eigenvalue weighted by Crippen LogP contribution is -2.46. The number of aliphatic imine (C=N–C) groups is 1. The van der Waals surface area contributed by atoms with Gasteiger partial charge in [-0.2, -0.15) is 4.98 Å². The molecule has 0 amide bonds. The zero-order chi connectivity index (χ0) is 15.2. The molecule has 116 valence electrons. The van der Waals surface area contributed by atoms with Crippen LogP contribution in [0.4, 0.5) is 0 Å². The number of piperidine rings is 1. The quantitative estimate of drug-likeness (QED) is 0.488. The molecule has 0 spiro atoms. The molecular weight excluding hydrogens is 274 g/mol. The van der Waals surface area contributed by atoms with Crippen LogP contribution in [0.1, 0.15) is 24.6 Å². The zero-order valence-corrected chi connectivity index (χ0v) is 12.6. The van der Waals surface area contributed by atoms with E-state index < -0.39 is 0 Å². The second-order valence-corrected chi connectivity index (χ2v) is 4.92. The predicted molar refractivity (Wildman–Crippen MR) is 75.5 cm³/mol. The molecule has 0 radical (unpaired) electrons. The van der Waals surface area contributed by atoms with E-state index in [1.807, 2.05) is 0 Å². The molecule has 8 nitrogen and oxygen atoms in total. The number of nitrogens with zero attached hydrogens (tertiary/aromatic N) is 4. The molecule has 1 aromatic heterocycles. The largest absolute Gasteiger partial charge is 0.469 e. The van der Waals surface area contributed by atoms with E-state index in [4.69, 9.17) is 9.26 Å². The molecule has 0 atom stereocenters. The molecule has 1 aliphatic rings. The van der Waals surface area contributed by atoms with E-state index in [9.17, 15) is 4.79 Å². The van der Waals surface area contributed by atoms with E-state index in [2.05, 4.69) is 25.3 Å². The number of rotatable bonds is 3. The van der Waals surface area contributed by atoms with Gasteiger partial charge in [0, 0.05) is 20.1 Å². The van der Waals surface area contributed by atoms with E-state index in [-0.39, 0.29) is 11.9 Å². The molecule has 0 unspecified atom stereocenters. The minimum absolute atomic E-state index is 0.0112. The molecule has 21 heavy (non-hydrogen) atoms. The van der Waals surface area contributed by atoms with Crippen molar-refractivity contribution in [3.05, 3.63) is 11.7 Å². The maximum atomic E-state index is 11.5. The normalized spacial score (nSPS) is 16.9. The Morgan fingerprint density at radius 2 is 2.24 bits per heavy atom. The van der Waals surface area contributed by atoms with Crippen LogP contribution in [0.5, 0.6) is 0 Å². The number of aryl methyl sites for hydroxylation is 1. The molecule has 1 fully saturated rings. The monoisotopic (exact) mass is 295 g/mol.